The lowest BCUT2D eigenvalue weighted by molar-refractivity contribution is 0.0174. The van der Waals surface area contributed by atoms with Crippen molar-refractivity contribution in [3.63, 3.8) is 0 Å². The van der Waals surface area contributed by atoms with Gasteiger partial charge in [0.2, 0.25) is 0 Å². The molecule has 1 rings (SSSR count). The molecule has 0 radical (unpaired) electrons. The number of nitrogens with zero attached hydrogens (tertiary/aromatic N) is 1. The van der Waals surface area contributed by atoms with Gasteiger partial charge in [0.1, 0.15) is 0 Å². The summed E-state index contributed by atoms with van der Waals surface area (Å²) in [5.74, 6) is 0.845. The summed E-state index contributed by atoms with van der Waals surface area (Å²) in [6.45, 7) is 17.6. The van der Waals surface area contributed by atoms with Crippen molar-refractivity contribution in [2.24, 2.45) is 11.3 Å². The number of hydrogen-bond acceptors (Lipinski definition) is 2. The Hall–Kier alpha value is -0.0800. The molecule has 120 valence electrons. The fraction of sp³-hybridized carbons (Fsp3) is 1.00. The number of nitrogens with one attached hydrogen (secondary N) is 1. The maximum Gasteiger partial charge on any atom is 0.0254 e. The predicted molar refractivity (Wildman–Crippen MR) is 90.2 cm³/mol. The van der Waals surface area contributed by atoms with Crippen molar-refractivity contribution in [3.05, 3.63) is 0 Å². The first kappa shape index (κ1) is 18.0. The first-order valence-corrected chi connectivity index (χ1v) is 8.59. The van der Waals surface area contributed by atoms with Crippen LogP contribution in [-0.2, 0) is 0 Å². The minimum atomic E-state index is 0.290. The van der Waals surface area contributed by atoms with Gasteiger partial charge < -0.3 is 5.32 Å². The molecular weight excluding hydrogens is 244 g/mol. The molecule has 3 atom stereocenters. The number of likely N-dealkylation sites (N-methyl/N-ethyl adjacent to an activating group) is 2. The second-order valence-electron chi connectivity index (χ2n) is 8.38. The zero-order chi connectivity index (χ0) is 15.6. The minimum Gasteiger partial charge on any atom is -0.313 e. The average molecular weight is 283 g/mol. The summed E-state index contributed by atoms with van der Waals surface area (Å²) in [5, 5.41) is 3.74. The van der Waals surface area contributed by atoms with Crippen molar-refractivity contribution in [1.29, 1.82) is 0 Å². The SMILES string of the molecule is CCNC1CCC(C(C)(C)C)CC1N(C)C(C)(C)CC. The van der Waals surface area contributed by atoms with Gasteiger partial charge in [0.25, 0.3) is 0 Å². The lowest BCUT2D eigenvalue weighted by Crippen LogP contribution is -2.58. The molecule has 0 amide bonds. The van der Waals surface area contributed by atoms with Crippen molar-refractivity contribution in [1.82, 2.24) is 10.2 Å². The largest absolute Gasteiger partial charge is 0.313 e. The Morgan fingerprint density at radius 1 is 1.05 bits per heavy atom. The third-order valence-electron chi connectivity index (χ3n) is 5.83. The Bertz CT molecular complexity index is 290. The topological polar surface area (TPSA) is 15.3 Å². The highest BCUT2D eigenvalue weighted by Gasteiger charge is 2.40. The van der Waals surface area contributed by atoms with Crippen LogP contribution in [0.15, 0.2) is 0 Å². The first-order chi connectivity index (χ1) is 9.13. The fourth-order valence-corrected chi connectivity index (χ4v) is 3.56. The summed E-state index contributed by atoms with van der Waals surface area (Å²) in [4.78, 5) is 2.65. The maximum absolute atomic E-state index is 3.74. The zero-order valence-corrected chi connectivity index (χ0v) is 15.2. The van der Waals surface area contributed by atoms with Gasteiger partial charge in [-0.3, -0.25) is 4.90 Å². The van der Waals surface area contributed by atoms with Crippen LogP contribution in [0.4, 0.5) is 0 Å². The van der Waals surface area contributed by atoms with E-state index in [2.05, 4.69) is 65.7 Å². The summed E-state index contributed by atoms with van der Waals surface area (Å²) in [6, 6.07) is 1.33. The van der Waals surface area contributed by atoms with Crippen LogP contribution in [0.25, 0.3) is 0 Å². The van der Waals surface area contributed by atoms with Gasteiger partial charge in [-0.15, -0.1) is 0 Å². The van der Waals surface area contributed by atoms with Gasteiger partial charge in [-0.25, -0.2) is 0 Å². The second kappa shape index (κ2) is 6.79. The molecule has 0 aromatic heterocycles. The van der Waals surface area contributed by atoms with Gasteiger partial charge in [-0.2, -0.15) is 0 Å². The van der Waals surface area contributed by atoms with Crippen LogP contribution in [0.1, 0.15) is 74.1 Å². The Morgan fingerprint density at radius 2 is 1.65 bits per heavy atom. The van der Waals surface area contributed by atoms with Crippen LogP contribution in [0.3, 0.4) is 0 Å². The van der Waals surface area contributed by atoms with E-state index >= 15 is 0 Å². The summed E-state index contributed by atoms with van der Waals surface area (Å²) in [5.41, 5.74) is 0.727. The zero-order valence-electron chi connectivity index (χ0n) is 15.2. The van der Waals surface area contributed by atoms with Crippen molar-refractivity contribution in [3.8, 4) is 0 Å². The van der Waals surface area contributed by atoms with Gasteiger partial charge in [-0.1, -0.05) is 34.6 Å². The first-order valence-electron chi connectivity index (χ1n) is 8.59. The van der Waals surface area contributed by atoms with Crippen molar-refractivity contribution in [2.75, 3.05) is 13.6 Å². The molecule has 0 heterocycles. The molecule has 0 spiro atoms. The van der Waals surface area contributed by atoms with Crippen LogP contribution in [0.5, 0.6) is 0 Å². The van der Waals surface area contributed by atoms with Crippen LogP contribution < -0.4 is 5.32 Å². The Kier molecular flexibility index (Phi) is 6.10. The van der Waals surface area contributed by atoms with Crippen LogP contribution >= 0.6 is 0 Å². The summed E-state index contributed by atoms with van der Waals surface area (Å²) in [7, 11) is 2.34. The molecule has 0 aromatic rings. The van der Waals surface area contributed by atoms with E-state index in [1.54, 1.807) is 0 Å². The third kappa shape index (κ3) is 4.21. The standard InChI is InChI=1S/C18H38N2/c1-9-18(6,7)20(8)16-13-14(17(3,4)5)11-12-15(16)19-10-2/h14-16,19H,9-13H2,1-8H3. The highest BCUT2D eigenvalue weighted by atomic mass is 15.2. The molecule has 1 fully saturated rings. The third-order valence-corrected chi connectivity index (χ3v) is 5.83. The van der Waals surface area contributed by atoms with Crippen molar-refractivity contribution >= 4 is 0 Å². The van der Waals surface area contributed by atoms with E-state index in [-0.39, 0.29) is 5.54 Å². The molecule has 1 aliphatic rings. The molecule has 3 unspecified atom stereocenters. The summed E-state index contributed by atoms with van der Waals surface area (Å²) < 4.78 is 0. The monoisotopic (exact) mass is 282 g/mol. The predicted octanol–water partition coefficient (Wildman–Crippen LogP) is 4.30. The van der Waals surface area contributed by atoms with Gasteiger partial charge >= 0.3 is 0 Å². The highest BCUT2D eigenvalue weighted by molar-refractivity contribution is 4.96. The fourth-order valence-electron chi connectivity index (χ4n) is 3.56. The normalized spacial score (nSPS) is 28.9. The van der Waals surface area contributed by atoms with E-state index in [9.17, 15) is 0 Å². The van der Waals surface area contributed by atoms with E-state index in [1.807, 2.05) is 0 Å². The van der Waals surface area contributed by atoms with Gasteiger partial charge in [-0.05, 0) is 64.5 Å². The lowest BCUT2D eigenvalue weighted by Gasteiger charge is -2.50. The second-order valence-corrected chi connectivity index (χ2v) is 8.38. The highest BCUT2D eigenvalue weighted by Crippen LogP contribution is 2.40. The van der Waals surface area contributed by atoms with Crippen molar-refractivity contribution < 1.29 is 0 Å². The van der Waals surface area contributed by atoms with Crippen LogP contribution in [-0.4, -0.2) is 36.1 Å². The quantitative estimate of drug-likeness (QED) is 0.809. The molecule has 2 heteroatoms. The minimum absolute atomic E-state index is 0.290. The molecule has 0 saturated heterocycles. The smallest absolute Gasteiger partial charge is 0.0254 e. The molecule has 1 N–H and O–H groups in total. The molecule has 1 aliphatic carbocycles. The molecule has 0 aliphatic heterocycles. The Balaban J connectivity index is 2.89. The lowest BCUT2D eigenvalue weighted by atomic mass is 9.69. The van der Waals surface area contributed by atoms with E-state index in [4.69, 9.17) is 0 Å². The van der Waals surface area contributed by atoms with Crippen LogP contribution in [0, 0.1) is 11.3 Å². The summed E-state index contributed by atoms with van der Waals surface area (Å²) >= 11 is 0. The maximum atomic E-state index is 3.74. The van der Waals surface area contributed by atoms with E-state index in [1.165, 1.54) is 25.7 Å². The Labute approximate surface area is 127 Å². The molecule has 20 heavy (non-hydrogen) atoms. The van der Waals surface area contributed by atoms with E-state index < -0.39 is 0 Å². The van der Waals surface area contributed by atoms with Gasteiger partial charge in [0.05, 0.1) is 0 Å². The molecule has 0 aromatic carbocycles. The van der Waals surface area contributed by atoms with Crippen LogP contribution in [0.2, 0.25) is 0 Å². The summed E-state index contributed by atoms with van der Waals surface area (Å²) in [6.07, 6.45) is 5.24. The molecule has 0 bridgehead atoms. The van der Waals surface area contributed by atoms with E-state index in [0.29, 0.717) is 17.5 Å². The molecule has 2 nitrogen and oxygen atoms in total. The molecular formula is C18H38N2. The van der Waals surface area contributed by atoms with Gasteiger partial charge in [0, 0.05) is 17.6 Å². The van der Waals surface area contributed by atoms with Gasteiger partial charge in [0.15, 0.2) is 0 Å². The number of hydrogen-bond donors (Lipinski definition) is 1. The number of rotatable bonds is 5. The Morgan fingerprint density at radius 3 is 2.10 bits per heavy atom. The van der Waals surface area contributed by atoms with Crippen molar-refractivity contribution in [2.45, 2.75) is 91.8 Å². The average Bonchev–Trinajstić information content (AvgIpc) is 2.37. The van der Waals surface area contributed by atoms with E-state index in [0.717, 1.165) is 12.5 Å². The molecule has 1 saturated carbocycles.